The van der Waals surface area contributed by atoms with Crippen LogP contribution in [0.25, 0.3) is 0 Å². The van der Waals surface area contributed by atoms with Gasteiger partial charge in [0.15, 0.2) is 0 Å². The molecule has 1 heterocycles. The standard InChI is InChI=1S/C13H26O5Si/c1-4-16-19(17-5-2,18-6-3)10-8-7-9-14-11-13-12-15-13/h8,10,13H,4-7,9,11-12H2,1-3H3/b10-8+. The van der Waals surface area contributed by atoms with Gasteiger partial charge in [-0.05, 0) is 32.9 Å². The first kappa shape index (κ1) is 16.8. The Labute approximate surface area is 117 Å². The minimum absolute atomic E-state index is 0.327. The molecule has 0 amide bonds. The molecule has 0 aromatic heterocycles. The molecule has 0 aliphatic carbocycles. The van der Waals surface area contributed by atoms with E-state index in [2.05, 4.69) is 0 Å². The summed E-state index contributed by atoms with van der Waals surface area (Å²) in [6.07, 6.45) is 3.18. The molecule has 0 spiro atoms. The molecule has 1 atom stereocenters. The van der Waals surface area contributed by atoms with Gasteiger partial charge in [-0.25, -0.2) is 0 Å². The second-order valence-corrected chi connectivity index (χ2v) is 6.53. The fraction of sp³-hybridized carbons (Fsp3) is 0.846. The maximum atomic E-state index is 5.71. The van der Waals surface area contributed by atoms with E-state index in [0.717, 1.165) is 13.0 Å². The lowest BCUT2D eigenvalue weighted by atomic mass is 10.4. The topological polar surface area (TPSA) is 49.5 Å². The van der Waals surface area contributed by atoms with Gasteiger partial charge in [-0.2, -0.15) is 0 Å². The molecular formula is C13H26O5Si. The van der Waals surface area contributed by atoms with E-state index in [0.29, 0.717) is 39.1 Å². The normalized spacial score (nSPS) is 19.2. The Morgan fingerprint density at radius 2 is 1.68 bits per heavy atom. The summed E-state index contributed by atoms with van der Waals surface area (Å²) in [4.78, 5) is 0. The minimum Gasteiger partial charge on any atom is -0.378 e. The molecule has 0 aromatic rings. The van der Waals surface area contributed by atoms with E-state index in [9.17, 15) is 0 Å². The van der Waals surface area contributed by atoms with Crippen molar-refractivity contribution in [2.45, 2.75) is 33.3 Å². The van der Waals surface area contributed by atoms with Gasteiger partial charge in [0, 0.05) is 19.8 Å². The average molecular weight is 290 g/mol. The van der Waals surface area contributed by atoms with Crippen molar-refractivity contribution in [2.75, 3.05) is 39.6 Å². The highest BCUT2D eigenvalue weighted by Gasteiger charge is 2.37. The first-order chi connectivity index (χ1) is 9.26. The first-order valence-electron chi connectivity index (χ1n) is 7.05. The third-order valence-corrected chi connectivity index (χ3v) is 5.21. The molecule has 0 bridgehead atoms. The SMILES string of the molecule is CCO[Si](/C=C/CCOCC1CO1)(OCC)OCC. The molecule has 0 radical (unpaired) electrons. The average Bonchev–Trinajstić information content (AvgIpc) is 3.19. The Morgan fingerprint density at radius 3 is 2.16 bits per heavy atom. The molecule has 0 N–H and O–H groups in total. The highest BCUT2D eigenvalue weighted by molar-refractivity contribution is 6.66. The predicted octanol–water partition coefficient (Wildman–Crippen LogP) is 1.94. The van der Waals surface area contributed by atoms with Crippen molar-refractivity contribution in [3.8, 4) is 0 Å². The lowest BCUT2D eigenvalue weighted by Crippen LogP contribution is -2.44. The summed E-state index contributed by atoms with van der Waals surface area (Å²) in [5, 5.41) is 0. The molecule has 0 saturated carbocycles. The van der Waals surface area contributed by atoms with Crippen LogP contribution in [0.5, 0.6) is 0 Å². The van der Waals surface area contributed by atoms with Crippen LogP contribution in [0.15, 0.2) is 11.8 Å². The quantitative estimate of drug-likeness (QED) is 0.312. The van der Waals surface area contributed by atoms with Crippen LogP contribution < -0.4 is 0 Å². The van der Waals surface area contributed by atoms with Crippen molar-refractivity contribution in [1.82, 2.24) is 0 Å². The Morgan fingerprint density at radius 1 is 1.11 bits per heavy atom. The largest absolute Gasteiger partial charge is 0.529 e. The van der Waals surface area contributed by atoms with E-state index in [1.165, 1.54) is 0 Å². The van der Waals surface area contributed by atoms with Crippen LogP contribution >= 0.6 is 0 Å². The van der Waals surface area contributed by atoms with Crippen LogP contribution in [0.3, 0.4) is 0 Å². The van der Waals surface area contributed by atoms with E-state index in [-0.39, 0.29) is 0 Å². The second-order valence-electron chi connectivity index (χ2n) is 4.12. The lowest BCUT2D eigenvalue weighted by molar-refractivity contribution is 0.0840. The van der Waals surface area contributed by atoms with Gasteiger partial charge in [0.2, 0.25) is 0 Å². The molecule has 6 heteroatoms. The van der Waals surface area contributed by atoms with Crippen molar-refractivity contribution < 1.29 is 22.8 Å². The van der Waals surface area contributed by atoms with Crippen molar-refractivity contribution in [3.05, 3.63) is 11.8 Å². The molecule has 1 aliphatic heterocycles. The van der Waals surface area contributed by atoms with Gasteiger partial charge in [0.1, 0.15) is 6.10 Å². The molecule has 112 valence electrons. The highest BCUT2D eigenvalue weighted by atomic mass is 28.4. The van der Waals surface area contributed by atoms with E-state index in [4.69, 9.17) is 22.8 Å². The Balaban J connectivity index is 2.30. The van der Waals surface area contributed by atoms with Gasteiger partial charge < -0.3 is 22.8 Å². The predicted molar refractivity (Wildman–Crippen MR) is 74.9 cm³/mol. The van der Waals surface area contributed by atoms with Gasteiger partial charge in [0.25, 0.3) is 0 Å². The Kier molecular flexibility index (Phi) is 8.52. The zero-order chi connectivity index (χ0) is 14.0. The van der Waals surface area contributed by atoms with Crippen LogP contribution in [0.4, 0.5) is 0 Å². The van der Waals surface area contributed by atoms with E-state index in [1.54, 1.807) is 0 Å². The summed E-state index contributed by atoms with van der Waals surface area (Å²) < 4.78 is 27.7. The maximum absolute atomic E-state index is 5.71. The lowest BCUT2D eigenvalue weighted by Gasteiger charge is -2.25. The zero-order valence-corrected chi connectivity index (χ0v) is 13.2. The van der Waals surface area contributed by atoms with E-state index >= 15 is 0 Å². The number of ether oxygens (including phenoxy) is 2. The van der Waals surface area contributed by atoms with Crippen LogP contribution in [0, 0.1) is 0 Å². The van der Waals surface area contributed by atoms with Gasteiger partial charge in [-0.3, -0.25) is 0 Å². The van der Waals surface area contributed by atoms with Gasteiger partial charge in [-0.15, -0.1) is 0 Å². The summed E-state index contributed by atoms with van der Waals surface area (Å²) in [7, 11) is -2.63. The van der Waals surface area contributed by atoms with Crippen LogP contribution in [-0.4, -0.2) is 54.5 Å². The number of rotatable bonds is 12. The summed E-state index contributed by atoms with van der Waals surface area (Å²) in [6.45, 7) is 9.84. The number of hydrogen-bond acceptors (Lipinski definition) is 5. The second kappa shape index (κ2) is 9.63. The van der Waals surface area contributed by atoms with Crippen LogP contribution in [0.2, 0.25) is 0 Å². The Hall–Kier alpha value is -0.243. The molecule has 19 heavy (non-hydrogen) atoms. The minimum atomic E-state index is -2.63. The van der Waals surface area contributed by atoms with E-state index < -0.39 is 8.80 Å². The van der Waals surface area contributed by atoms with Crippen molar-refractivity contribution in [1.29, 1.82) is 0 Å². The third kappa shape index (κ3) is 7.19. The molecule has 0 aromatic carbocycles. The monoisotopic (exact) mass is 290 g/mol. The Bertz CT molecular complexity index is 238. The molecule has 5 nitrogen and oxygen atoms in total. The molecular weight excluding hydrogens is 264 g/mol. The number of hydrogen-bond donors (Lipinski definition) is 0. The van der Waals surface area contributed by atoms with Gasteiger partial charge >= 0.3 is 8.80 Å². The first-order valence-corrected chi connectivity index (χ1v) is 8.85. The smallest absolute Gasteiger partial charge is 0.378 e. The van der Waals surface area contributed by atoms with Crippen LogP contribution in [0.1, 0.15) is 27.2 Å². The van der Waals surface area contributed by atoms with Crippen molar-refractivity contribution >= 4 is 8.80 Å². The summed E-state index contributed by atoms with van der Waals surface area (Å²) in [5.74, 6) is 0. The fourth-order valence-corrected chi connectivity index (χ4v) is 3.83. The summed E-state index contributed by atoms with van der Waals surface area (Å²) in [6, 6.07) is 0. The third-order valence-electron chi connectivity index (χ3n) is 2.49. The molecule has 1 unspecified atom stereocenters. The summed E-state index contributed by atoms with van der Waals surface area (Å²) >= 11 is 0. The number of epoxide rings is 1. The highest BCUT2D eigenvalue weighted by Crippen LogP contribution is 2.13. The fourth-order valence-electron chi connectivity index (χ4n) is 1.63. The molecule has 1 saturated heterocycles. The maximum Gasteiger partial charge on any atom is 0.529 e. The van der Waals surface area contributed by atoms with E-state index in [1.807, 2.05) is 32.5 Å². The van der Waals surface area contributed by atoms with Gasteiger partial charge in [0.05, 0.1) is 19.8 Å². The van der Waals surface area contributed by atoms with Gasteiger partial charge in [-0.1, -0.05) is 6.08 Å². The zero-order valence-electron chi connectivity index (χ0n) is 12.2. The summed E-state index contributed by atoms with van der Waals surface area (Å²) in [5.41, 5.74) is 1.96. The van der Waals surface area contributed by atoms with Crippen molar-refractivity contribution in [2.24, 2.45) is 0 Å². The van der Waals surface area contributed by atoms with Crippen molar-refractivity contribution in [3.63, 3.8) is 0 Å². The molecule has 1 aliphatic rings. The van der Waals surface area contributed by atoms with Crippen LogP contribution in [-0.2, 0) is 22.8 Å². The molecule has 1 fully saturated rings. The molecule has 1 rings (SSSR count).